The summed E-state index contributed by atoms with van der Waals surface area (Å²) in [5.74, 6) is 2.40. The van der Waals surface area contributed by atoms with E-state index in [0.29, 0.717) is 18.0 Å². The van der Waals surface area contributed by atoms with E-state index in [4.69, 9.17) is 4.98 Å². The summed E-state index contributed by atoms with van der Waals surface area (Å²) >= 11 is 0. The van der Waals surface area contributed by atoms with Gasteiger partial charge in [0.25, 0.3) is 0 Å². The van der Waals surface area contributed by atoms with Crippen LogP contribution in [0.1, 0.15) is 59.3 Å². The predicted molar refractivity (Wildman–Crippen MR) is 126 cm³/mol. The molecule has 1 atom stereocenters. The molecule has 1 aromatic heterocycles. The Bertz CT molecular complexity index is 725. The number of nitrogens with zero attached hydrogens (tertiary/aromatic N) is 6. The van der Waals surface area contributed by atoms with Gasteiger partial charge in [-0.15, -0.1) is 0 Å². The molecule has 0 aliphatic carbocycles. The summed E-state index contributed by atoms with van der Waals surface area (Å²) in [5, 5.41) is 0. The molecule has 0 radical (unpaired) electrons. The maximum atomic E-state index is 13.1. The Morgan fingerprint density at radius 1 is 1.03 bits per heavy atom. The zero-order valence-electron chi connectivity index (χ0n) is 19.7. The Morgan fingerprint density at radius 2 is 1.77 bits per heavy atom. The lowest BCUT2D eigenvalue weighted by Crippen LogP contribution is -2.53. The zero-order valence-corrected chi connectivity index (χ0v) is 19.7. The van der Waals surface area contributed by atoms with E-state index in [1.807, 2.05) is 6.20 Å². The van der Waals surface area contributed by atoms with Crippen molar-refractivity contribution in [1.82, 2.24) is 19.8 Å². The minimum atomic E-state index is 0.150. The molecular formula is C24H40N6O. The number of rotatable bonds is 5. The van der Waals surface area contributed by atoms with Crippen LogP contribution in [0.2, 0.25) is 0 Å². The highest BCUT2D eigenvalue weighted by Crippen LogP contribution is 2.28. The fourth-order valence-corrected chi connectivity index (χ4v) is 5.42. The Kier molecular flexibility index (Phi) is 7.31. The quantitative estimate of drug-likeness (QED) is 0.719. The fraction of sp³-hybridized carbons (Fsp3) is 0.792. The van der Waals surface area contributed by atoms with Gasteiger partial charge >= 0.3 is 0 Å². The van der Waals surface area contributed by atoms with Crippen molar-refractivity contribution in [3.8, 4) is 0 Å². The Morgan fingerprint density at radius 3 is 2.45 bits per heavy atom. The maximum Gasteiger partial charge on any atom is 0.227 e. The van der Waals surface area contributed by atoms with Gasteiger partial charge < -0.3 is 14.7 Å². The summed E-state index contributed by atoms with van der Waals surface area (Å²) in [5.41, 5.74) is 0. The van der Waals surface area contributed by atoms with E-state index in [1.54, 1.807) is 0 Å². The van der Waals surface area contributed by atoms with Crippen LogP contribution in [0.4, 0.5) is 11.8 Å². The Hall–Kier alpha value is -1.89. The summed E-state index contributed by atoms with van der Waals surface area (Å²) in [6.07, 6.45) is 8.70. The molecule has 4 rings (SSSR count). The summed E-state index contributed by atoms with van der Waals surface area (Å²) in [6, 6.07) is 3.22. The van der Waals surface area contributed by atoms with Crippen LogP contribution in [0.25, 0.3) is 0 Å². The highest BCUT2D eigenvalue weighted by molar-refractivity contribution is 5.79. The molecule has 3 fully saturated rings. The van der Waals surface area contributed by atoms with E-state index in [9.17, 15) is 4.79 Å². The molecule has 3 aliphatic heterocycles. The van der Waals surface area contributed by atoms with Crippen molar-refractivity contribution < 1.29 is 4.79 Å². The number of hydrogen-bond donors (Lipinski definition) is 0. The molecule has 3 saturated heterocycles. The van der Waals surface area contributed by atoms with Crippen molar-refractivity contribution in [2.75, 3.05) is 55.6 Å². The molecule has 0 spiro atoms. The third kappa shape index (κ3) is 5.13. The van der Waals surface area contributed by atoms with Crippen LogP contribution in [-0.2, 0) is 4.79 Å². The Balaban J connectivity index is 1.32. The second-order valence-corrected chi connectivity index (χ2v) is 9.68. The third-order valence-corrected chi connectivity index (χ3v) is 7.50. The van der Waals surface area contributed by atoms with Gasteiger partial charge in [-0.1, -0.05) is 6.92 Å². The van der Waals surface area contributed by atoms with Gasteiger partial charge in [-0.3, -0.25) is 9.69 Å². The number of anilines is 2. The van der Waals surface area contributed by atoms with Crippen molar-refractivity contribution >= 4 is 17.7 Å². The van der Waals surface area contributed by atoms with Crippen molar-refractivity contribution in [2.24, 2.45) is 5.92 Å². The van der Waals surface area contributed by atoms with E-state index in [0.717, 1.165) is 76.8 Å². The molecule has 1 unspecified atom stereocenters. The maximum absolute atomic E-state index is 13.1. The number of piperazine rings is 1. The average molecular weight is 429 g/mol. The van der Waals surface area contributed by atoms with E-state index < -0.39 is 0 Å². The van der Waals surface area contributed by atoms with Crippen LogP contribution in [-0.4, -0.2) is 83.6 Å². The van der Waals surface area contributed by atoms with Crippen LogP contribution < -0.4 is 9.80 Å². The lowest BCUT2D eigenvalue weighted by molar-refractivity contribution is -0.138. The van der Waals surface area contributed by atoms with Crippen molar-refractivity contribution in [3.05, 3.63) is 12.3 Å². The number of aromatic nitrogens is 2. The normalized spacial score (nSPS) is 24.1. The smallest absolute Gasteiger partial charge is 0.227 e. The van der Waals surface area contributed by atoms with Crippen LogP contribution >= 0.6 is 0 Å². The molecule has 0 bridgehead atoms. The lowest BCUT2D eigenvalue weighted by atomic mass is 9.95. The molecule has 7 heteroatoms. The molecule has 1 aromatic rings. The van der Waals surface area contributed by atoms with Gasteiger partial charge in [0.05, 0.1) is 0 Å². The third-order valence-electron chi connectivity index (χ3n) is 7.50. The minimum absolute atomic E-state index is 0.150. The summed E-state index contributed by atoms with van der Waals surface area (Å²) < 4.78 is 0. The molecular weight excluding hydrogens is 388 g/mol. The summed E-state index contributed by atoms with van der Waals surface area (Å²) in [4.78, 5) is 31.9. The van der Waals surface area contributed by atoms with Crippen LogP contribution in [0, 0.1) is 5.92 Å². The average Bonchev–Trinajstić information content (AvgIpc) is 2.84. The Labute approximate surface area is 187 Å². The molecule has 1 amide bonds. The minimum Gasteiger partial charge on any atom is -0.353 e. The first-order chi connectivity index (χ1) is 15.1. The van der Waals surface area contributed by atoms with Crippen molar-refractivity contribution in [2.45, 2.75) is 71.4 Å². The molecule has 0 aromatic carbocycles. The standard InChI is InChI=1S/C24H40N6O/c1-4-21-7-5-6-12-30(21)22-8-11-25-24(26-22)29-13-9-20(10-14-29)23(31)28-17-15-27(16-18-28)19(2)3/h8,11,19-21H,4-7,9-10,12-18H2,1-3H3. The molecule has 4 heterocycles. The molecule has 172 valence electrons. The first-order valence-electron chi connectivity index (χ1n) is 12.4. The first kappa shape index (κ1) is 22.3. The number of amides is 1. The highest BCUT2D eigenvalue weighted by Gasteiger charge is 2.32. The predicted octanol–water partition coefficient (Wildman–Crippen LogP) is 3.01. The van der Waals surface area contributed by atoms with Gasteiger partial charge in [-0.25, -0.2) is 4.98 Å². The van der Waals surface area contributed by atoms with Crippen LogP contribution in [0.5, 0.6) is 0 Å². The van der Waals surface area contributed by atoms with E-state index in [-0.39, 0.29) is 5.92 Å². The van der Waals surface area contributed by atoms with E-state index in [1.165, 1.54) is 19.3 Å². The number of piperidine rings is 2. The molecule has 31 heavy (non-hydrogen) atoms. The van der Waals surface area contributed by atoms with E-state index >= 15 is 0 Å². The monoisotopic (exact) mass is 428 g/mol. The molecule has 3 aliphatic rings. The molecule has 0 N–H and O–H groups in total. The topological polar surface area (TPSA) is 55.8 Å². The van der Waals surface area contributed by atoms with Crippen molar-refractivity contribution in [3.63, 3.8) is 0 Å². The SMILES string of the molecule is CCC1CCCCN1c1ccnc(N2CCC(C(=O)N3CCN(C(C)C)CC3)CC2)n1. The number of hydrogen-bond acceptors (Lipinski definition) is 6. The highest BCUT2D eigenvalue weighted by atomic mass is 16.2. The summed E-state index contributed by atoms with van der Waals surface area (Å²) in [7, 11) is 0. The van der Waals surface area contributed by atoms with Crippen molar-refractivity contribution in [1.29, 1.82) is 0 Å². The van der Waals surface area contributed by atoms with Gasteiger partial charge in [-0.05, 0) is 58.4 Å². The second kappa shape index (κ2) is 10.2. The van der Waals surface area contributed by atoms with Crippen LogP contribution in [0.3, 0.4) is 0 Å². The summed E-state index contributed by atoms with van der Waals surface area (Å²) in [6.45, 7) is 13.3. The van der Waals surface area contributed by atoms with Gasteiger partial charge in [0.15, 0.2) is 0 Å². The van der Waals surface area contributed by atoms with E-state index in [2.05, 4.69) is 51.4 Å². The zero-order chi connectivity index (χ0) is 21.8. The van der Waals surface area contributed by atoms with Gasteiger partial charge in [0.2, 0.25) is 11.9 Å². The fourth-order valence-electron chi connectivity index (χ4n) is 5.42. The number of carbonyl (C=O) groups excluding carboxylic acids is 1. The van der Waals surface area contributed by atoms with Gasteiger partial charge in [0.1, 0.15) is 5.82 Å². The first-order valence-corrected chi connectivity index (χ1v) is 12.4. The molecule has 7 nitrogen and oxygen atoms in total. The number of carbonyl (C=O) groups is 1. The lowest BCUT2D eigenvalue weighted by Gasteiger charge is -2.40. The van der Waals surface area contributed by atoms with Gasteiger partial charge in [0, 0.05) is 70.0 Å². The molecule has 0 saturated carbocycles. The largest absolute Gasteiger partial charge is 0.353 e. The van der Waals surface area contributed by atoms with Crippen LogP contribution in [0.15, 0.2) is 12.3 Å². The van der Waals surface area contributed by atoms with Gasteiger partial charge in [-0.2, -0.15) is 4.98 Å². The second-order valence-electron chi connectivity index (χ2n) is 9.68.